The summed E-state index contributed by atoms with van der Waals surface area (Å²) < 4.78 is 5.93. The van der Waals surface area contributed by atoms with Crippen LogP contribution in [-0.4, -0.2) is 18.2 Å². The maximum absolute atomic E-state index is 12.2. The van der Waals surface area contributed by atoms with Gasteiger partial charge in [0.1, 0.15) is 0 Å². The fourth-order valence-electron chi connectivity index (χ4n) is 2.28. The predicted molar refractivity (Wildman–Crippen MR) is 89.6 cm³/mol. The third-order valence-electron chi connectivity index (χ3n) is 3.29. The number of esters is 1. The summed E-state index contributed by atoms with van der Waals surface area (Å²) in [5.74, 6) is -0.216. The van der Waals surface area contributed by atoms with Crippen LogP contribution >= 0.6 is 28.1 Å². The van der Waals surface area contributed by atoms with Crippen molar-refractivity contribution in [1.29, 1.82) is 0 Å². The van der Waals surface area contributed by atoms with Gasteiger partial charge in [0, 0.05) is 10.2 Å². The van der Waals surface area contributed by atoms with Gasteiger partial charge in [0.05, 0.1) is 18.7 Å². The van der Waals surface area contributed by atoms with E-state index in [0.29, 0.717) is 10.7 Å². The van der Waals surface area contributed by atoms with E-state index in [2.05, 4.69) is 26.6 Å². The summed E-state index contributed by atoms with van der Waals surface area (Å²) >= 11 is 8.67. The highest BCUT2D eigenvalue weighted by atomic mass is 79.9. The zero-order chi connectivity index (χ0) is 15.6. The van der Waals surface area contributed by atoms with E-state index >= 15 is 0 Å². The van der Waals surface area contributed by atoms with Gasteiger partial charge in [-0.05, 0) is 35.8 Å². The lowest BCUT2D eigenvalue weighted by Crippen LogP contribution is -2.46. The molecule has 4 nitrogen and oxygen atoms in total. The van der Waals surface area contributed by atoms with Crippen molar-refractivity contribution in [3.63, 3.8) is 0 Å². The smallest absolute Gasteiger partial charge is 0.337 e. The van der Waals surface area contributed by atoms with E-state index in [-0.39, 0.29) is 17.9 Å². The van der Waals surface area contributed by atoms with Crippen LogP contribution in [0.2, 0.25) is 0 Å². The number of methoxy groups -OCH3 is 1. The minimum atomic E-state index is -0.353. The van der Waals surface area contributed by atoms with E-state index in [0.717, 1.165) is 15.7 Å². The first kappa shape index (κ1) is 16.0. The zero-order valence-electron chi connectivity index (χ0n) is 12.1. The molecule has 1 aliphatic rings. The zero-order valence-corrected chi connectivity index (χ0v) is 14.5. The third-order valence-corrected chi connectivity index (χ3v) is 4.04. The Morgan fingerprint density at radius 1 is 1.33 bits per heavy atom. The van der Waals surface area contributed by atoms with Crippen molar-refractivity contribution < 1.29 is 9.53 Å². The molecule has 0 saturated heterocycles. The minimum absolute atomic E-state index is 0.136. The van der Waals surface area contributed by atoms with Gasteiger partial charge in [-0.15, -0.1) is 0 Å². The Morgan fingerprint density at radius 2 is 1.95 bits per heavy atom. The fraction of sp³-hybridized carbons (Fsp3) is 0.333. The first-order chi connectivity index (χ1) is 9.93. The molecule has 2 N–H and O–H groups in total. The lowest BCUT2D eigenvalue weighted by atomic mass is 9.92. The van der Waals surface area contributed by atoms with Crippen LogP contribution in [0, 0.1) is 5.92 Å². The quantitative estimate of drug-likeness (QED) is 0.634. The number of allylic oxidation sites excluding steroid dienone is 1. The Morgan fingerprint density at radius 3 is 2.48 bits per heavy atom. The molecule has 1 aromatic rings. The second-order valence-corrected chi connectivity index (χ2v) is 6.38. The van der Waals surface area contributed by atoms with Gasteiger partial charge in [0.25, 0.3) is 0 Å². The summed E-state index contributed by atoms with van der Waals surface area (Å²) in [5.41, 5.74) is 2.34. The maximum Gasteiger partial charge on any atom is 0.337 e. The molecule has 112 valence electrons. The molecule has 2 rings (SSSR count). The summed E-state index contributed by atoms with van der Waals surface area (Å²) in [6, 6.07) is 7.47. The number of thiocarbonyl (C=S) groups is 1. The van der Waals surface area contributed by atoms with Gasteiger partial charge in [-0.2, -0.15) is 0 Å². The van der Waals surface area contributed by atoms with Crippen LogP contribution in [-0.2, 0) is 9.53 Å². The SMILES string of the molecule is COC(=O)C1=C(C(C)C)NC(=S)N[C@H]1c1ccc(Br)cc1. The molecule has 21 heavy (non-hydrogen) atoms. The minimum Gasteiger partial charge on any atom is -0.466 e. The van der Waals surface area contributed by atoms with Crippen molar-refractivity contribution in [2.24, 2.45) is 5.92 Å². The summed E-state index contributed by atoms with van der Waals surface area (Å²) in [6.07, 6.45) is 0. The number of hydrogen-bond donors (Lipinski definition) is 2. The number of carbonyl (C=O) groups is 1. The molecule has 0 bridgehead atoms. The number of nitrogens with one attached hydrogen (secondary N) is 2. The molecule has 1 aliphatic heterocycles. The largest absolute Gasteiger partial charge is 0.466 e. The Labute approximate surface area is 138 Å². The van der Waals surface area contributed by atoms with Gasteiger partial charge in [-0.3, -0.25) is 0 Å². The first-order valence-electron chi connectivity index (χ1n) is 6.59. The molecule has 1 atom stereocenters. The monoisotopic (exact) mass is 368 g/mol. The van der Waals surface area contributed by atoms with Crippen LogP contribution in [0.5, 0.6) is 0 Å². The van der Waals surface area contributed by atoms with Crippen molar-refractivity contribution in [1.82, 2.24) is 10.6 Å². The number of hydrogen-bond acceptors (Lipinski definition) is 3. The number of carbonyl (C=O) groups excluding carboxylic acids is 1. The van der Waals surface area contributed by atoms with Crippen molar-refractivity contribution in [2.45, 2.75) is 19.9 Å². The molecular formula is C15H17BrN2O2S. The molecule has 0 aliphatic carbocycles. The third kappa shape index (κ3) is 3.44. The van der Waals surface area contributed by atoms with Gasteiger partial charge < -0.3 is 15.4 Å². The molecule has 0 saturated carbocycles. The normalized spacial score (nSPS) is 18.3. The summed E-state index contributed by atoms with van der Waals surface area (Å²) in [4.78, 5) is 12.2. The maximum atomic E-state index is 12.2. The fourth-order valence-corrected chi connectivity index (χ4v) is 2.77. The van der Waals surface area contributed by atoms with Crippen LogP contribution in [0.25, 0.3) is 0 Å². The highest BCUT2D eigenvalue weighted by molar-refractivity contribution is 9.10. The van der Waals surface area contributed by atoms with E-state index in [9.17, 15) is 4.79 Å². The molecule has 1 aromatic carbocycles. The summed E-state index contributed by atoms with van der Waals surface area (Å²) in [6.45, 7) is 4.02. The molecule has 0 amide bonds. The molecule has 0 radical (unpaired) electrons. The van der Waals surface area contributed by atoms with Crippen molar-refractivity contribution in [3.8, 4) is 0 Å². The Kier molecular flexibility index (Phi) is 5.00. The van der Waals surface area contributed by atoms with Gasteiger partial charge in [0.2, 0.25) is 0 Å². The number of benzene rings is 1. The number of ether oxygens (including phenoxy) is 1. The molecule has 0 aromatic heterocycles. The van der Waals surface area contributed by atoms with Crippen molar-refractivity contribution >= 4 is 39.2 Å². The van der Waals surface area contributed by atoms with Crippen molar-refractivity contribution in [2.75, 3.05) is 7.11 Å². The van der Waals surface area contributed by atoms with E-state index in [4.69, 9.17) is 17.0 Å². The van der Waals surface area contributed by atoms with Gasteiger partial charge >= 0.3 is 5.97 Å². The second kappa shape index (κ2) is 6.58. The number of rotatable bonds is 3. The van der Waals surface area contributed by atoms with Crippen molar-refractivity contribution in [3.05, 3.63) is 45.6 Å². The van der Waals surface area contributed by atoms with Gasteiger partial charge in [0.15, 0.2) is 5.11 Å². The topological polar surface area (TPSA) is 50.4 Å². The van der Waals surface area contributed by atoms with Gasteiger partial charge in [-0.25, -0.2) is 4.79 Å². The van der Waals surface area contributed by atoms with Gasteiger partial charge in [-0.1, -0.05) is 41.9 Å². The summed E-state index contributed by atoms with van der Waals surface area (Å²) in [7, 11) is 1.39. The second-order valence-electron chi connectivity index (χ2n) is 5.06. The van der Waals surface area contributed by atoms with Crippen LogP contribution in [0.1, 0.15) is 25.5 Å². The molecule has 0 spiro atoms. The lowest BCUT2D eigenvalue weighted by molar-refractivity contribution is -0.136. The average molecular weight is 369 g/mol. The highest BCUT2D eigenvalue weighted by Gasteiger charge is 2.32. The van der Waals surface area contributed by atoms with Crippen LogP contribution < -0.4 is 10.6 Å². The van der Waals surface area contributed by atoms with Crippen LogP contribution in [0.3, 0.4) is 0 Å². The standard InChI is InChI=1S/C15H17BrN2O2S/c1-8(2)12-11(14(19)20-3)13(18-15(21)17-12)9-4-6-10(16)7-5-9/h4-8,13H,1-3H3,(H2,17,18,21)/t13-/m0/s1. The predicted octanol–water partition coefficient (Wildman–Crippen LogP) is 3.05. The highest BCUT2D eigenvalue weighted by Crippen LogP contribution is 2.30. The van der Waals surface area contributed by atoms with E-state index in [1.807, 2.05) is 38.1 Å². The van der Waals surface area contributed by atoms with E-state index in [1.165, 1.54) is 7.11 Å². The van der Waals surface area contributed by atoms with E-state index in [1.54, 1.807) is 0 Å². The molecule has 0 fully saturated rings. The number of halogens is 1. The Balaban J connectivity index is 2.54. The molecule has 1 heterocycles. The van der Waals surface area contributed by atoms with E-state index < -0.39 is 0 Å². The lowest BCUT2D eigenvalue weighted by Gasteiger charge is -2.32. The average Bonchev–Trinajstić information content (AvgIpc) is 2.46. The summed E-state index contributed by atoms with van der Waals surface area (Å²) in [5, 5.41) is 6.74. The molecular weight excluding hydrogens is 352 g/mol. The Hall–Kier alpha value is -1.40. The van der Waals surface area contributed by atoms with Crippen LogP contribution in [0.4, 0.5) is 0 Å². The Bertz CT molecular complexity index is 596. The molecule has 6 heteroatoms. The van der Waals surface area contributed by atoms with Crippen LogP contribution in [0.15, 0.2) is 40.0 Å². The first-order valence-corrected chi connectivity index (χ1v) is 7.79. The molecule has 0 unspecified atom stereocenters.